The number of nitrogens with one attached hydrogen (secondary N) is 1. The van der Waals surface area contributed by atoms with Crippen LogP contribution in [-0.4, -0.2) is 59.1 Å². The Morgan fingerprint density at radius 1 is 1.31 bits per heavy atom. The molecule has 32 heavy (non-hydrogen) atoms. The van der Waals surface area contributed by atoms with Crippen molar-refractivity contribution in [2.24, 2.45) is 0 Å². The maximum absolute atomic E-state index is 12.3. The Balaban J connectivity index is 1.51. The summed E-state index contributed by atoms with van der Waals surface area (Å²) in [6.07, 6.45) is 2.38. The molecule has 2 aromatic heterocycles. The molecule has 0 saturated carbocycles. The van der Waals surface area contributed by atoms with Crippen molar-refractivity contribution in [3.05, 3.63) is 34.0 Å². The normalized spacial score (nSPS) is 18.3. The van der Waals surface area contributed by atoms with E-state index in [9.17, 15) is 10.1 Å². The molecule has 1 amide bonds. The predicted octanol–water partition coefficient (Wildman–Crippen LogP) is 3.15. The molecule has 0 radical (unpaired) electrons. The number of thiazole rings is 1. The molecule has 9 heteroatoms. The first-order chi connectivity index (χ1) is 15.3. The van der Waals surface area contributed by atoms with Crippen LogP contribution in [0.3, 0.4) is 0 Å². The molecule has 0 unspecified atom stereocenters. The van der Waals surface area contributed by atoms with Gasteiger partial charge in [-0.2, -0.15) is 5.26 Å². The second-order valence-corrected chi connectivity index (χ2v) is 10.2. The lowest BCUT2D eigenvalue weighted by atomic mass is 9.86. The third-order valence-electron chi connectivity index (χ3n) is 6.01. The van der Waals surface area contributed by atoms with E-state index in [0.29, 0.717) is 30.3 Å². The van der Waals surface area contributed by atoms with Gasteiger partial charge >= 0.3 is 0 Å². The van der Waals surface area contributed by atoms with Crippen molar-refractivity contribution < 1.29 is 9.53 Å². The number of rotatable bonds is 5. The Labute approximate surface area is 193 Å². The number of piperazine rings is 1. The van der Waals surface area contributed by atoms with E-state index in [-0.39, 0.29) is 17.4 Å². The summed E-state index contributed by atoms with van der Waals surface area (Å²) < 4.78 is 6.04. The van der Waals surface area contributed by atoms with Crippen molar-refractivity contribution in [3.8, 4) is 6.07 Å². The monoisotopic (exact) mass is 454 g/mol. The van der Waals surface area contributed by atoms with Crippen molar-refractivity contribution in [1.82, 2.24) is 14.9 Å². The number of hydrogen-bond acceptors (Lipinski definition) is 8. The summed E-state index contributed by atoms with van der Waals surface area (Å²) in [5, 5.41) is 15.4. The van der Waals surface area contributed by atoms with Crippen LogP contribution >= 0.6 is 11.3 Å². The van der Waals surface area contributed by atoms with E-state index >= 15 is 0 Å². The van der Waals surface area contributed by atoms with Gasteiger partial charge in [0.15, 0.2) is 5.13 Å². The molecule has 2 aliphatic heterocycles. The zero-order valence-electron chi connectivity index (χ0n) is 19.1. The maximum atomic E-state index is 12.3. The van der Waals surface area contributed by atoms with E-state index in [1.165, 1.54) is 11.3 Å². The van der Waals surface area contributed by atoms with Crippen LogP contribution in [0.5, 0.6) is 0 Å². The summed E-state index contributed by atoms with van der Waals surface area (Å²) >= 11 is 1.41. The van der Waals surface area contributed by atoms with Gasteiger partial charge in [-0.3, -0.25) is 9.69 Å². The Morgan fingerprint density at radius 2 is 2.06 bits per heavy atom. The summed E-state index contributed by atoms with van der Waals surface area (Å²) in [6.45, 7) is 12.2. The largest absolute Gasteiger partial charge is 0.370 e. The van der Waals surface area contributed by atoms with Crippen molar-refractivity contribution in [3.63, 3.8) is 0 Å². The Morgan fingerprint density at radius 3 is 2.69 bits per heavy atom. The predicted molar refractivity (Wildman–Crippen MR) is 125 cm³/mol. The van der Waals surface area contributed by atoms with E-state index in [1.807, 2.05) is 5.38 Å². The minimum atomic E-state index is -0.297. The molecule has 170 valence electrons. The quantitative estimate of drug-likeness (QED) is 0.742. The molecular weight excluding hydrogens is 424 g/mol. The second-order valence-electron chi connectivity index (χ2n) is 9.29. The highest BCUT2D eigenvalue weighted by molar-refractivity contribution is 7.13. The van der Waals surface area contributed by atoms with Crippen molar-refractivity contribution in [2.45, 2.75) is 52.2 Å². The Hall–Kier alpha value is -2.54. The number of carbonyl (C=O) groups excluding carboxylic acids is 1. The van der Waals surface area contributed by atoms with Crippen LogP contribution in [0.2, 0.25) is 0 Å². The molecular formula is C23H30N6O2S. The SMILES string of the molecule is CC(C)c1nc(N2CCN(CC(=O)Nc3nccs3)CC2)c(C#N)c2c1COC(C)(C)C2. The van der Waals surface area contributed by atoms with Crippen molar-refractivity contribution in [2.75, 3.05) is 42.9 Å². The topological polar surface area (TPSA) is 94.4 Å². The number of anilines is 2. The number of nitriles is 1. The molecule has 0 spiro atoms. The first kappa shape index (κ1) is 22.6. The molecule has 4 rings (SSSR count). The highest BCUT2D eigenvalue weighted by Crippen LogP contribution is 2.37. The minimum Gasteiger partial charge on any atom is -0.370 e. The van der Waals surface area contributed by atoms with Gasteiger partial charge in [0, 0.05) is 49.7 Å². The maximum Gasteiger partial charge on any atom is 0.240 e. The van der Waals surface area contributed by atoms with E-state index in [4.69, 9.17) is 9.72 Å². The molecule has 2 aliphatic rings. The summed E-state index contributed by atoms with van der Waals surface area (Å²) in [5.74, 6) is 0.970. The molecule has 0 atom stereocenters. The Kier molecular flexibility index (Phi) is 6.47. The van der Waals surface area contributed by atoms with Gasteiger partial charge in [-0.25, -0.2) is 9.97 Å². The number of fused-ring (bicyclic) bond motifs is 1. The standard InChI is InChI=1S/C23H30N6O2S/c1-15(2)20-18-14-31-23(3,4)11-16(18)17(12-24)21(27-20)29-8-6-28(7-9-29)13-19(30)26-22-25-5-10-32-22/h5,10,15H,6-9,11,13-14H2,1-4H3,(H,25,26,30). The highest BCUT2D eigenvalue weighted by Gasteiger charge is 2.34. The fraction of sp³-hybridized carbons (Fsp3) is 0.565. The average molecular weight is 455 g/mol. The van der Waals surface area contributed by atoms with Gasteiger partial charge in [0.2, 0.25) is 5.91 Å². The van der Waals surface area contributed by atoms with E-state index in [0.717, 1.165) is 48.8 Å². The van der Waals surface area contributed by atoms with Crippen LogP contribution in [0.1, 0.15) is 56.0 Å². The van der Waals surface area contributed by atoms with Crippen LogP contribution in [-0.2, 0) is 22.6 Å². The minimum absolute atomic E-state index is 0.0534. The highest BCUT2D eigenvalue weighted by atomic mass is 32.1. The lowest BCUT2D eigenvalue weighted by Gasteiger charge is -2.38. The van der Waals surface area contributed by atoms with Crippen LogP contribution in [0.4, 0.5) is 10.9 Å². The second kappa shape index (κ2) is 9.14. The summed E-state index contributed by atoms with van der Waals surface area (Å²) in [7, 11) is 0. The molecule has 1 saturated heterocycles. The number of hydrogen-bond donors (Lipinski definition) is 1. The molecule has 1 N–H and O–H groups in total. The fourth-order valence-electron chi connectivity index (χ4n) is 4.37. The van der Waals surface area contributed by atoms with Crippen LogP contribution in [0.25, 0.3) is 0 Å². The van der Waals surface area contributed by atoms with Gasteiger partial charge in [0.1, 0.15) is 11.9 Å². The van der Waals surface area contributed by atoms with Gasteiger partial charge in [0.05, 0.1) is 30.0 Å². The van der Waals surface area contributed by atoms with Crippen molar-refractivity contribution >= 4 is 28.2 Å². The van der Waals surface area contributed by atoms with Gasteiger partial charge < -0.3 is 15.0 Å². The first-order valence-electron chi connectivity index (χ1n) is 11.0. The number of nitrogens with zero attached hydrogens (tertiary/aromatic N) is 5. The fourth-order valence-corrected chi connectivity index (χ4v) is 4.91. The molecule has 1 fully saturated rings. The Bertz CT molecular complexity index is 1020. The molecule has 2 aromatic rings. The molecule has 0 aliphatic carbocycles. The average Bonchev–Trinajstić information content (AvgIpc) is 3.25. The van der Waals surface area contributed by atoms with E-state index in [1.54, 1.807) is 6.20 Å². The number of ether oxygens (including phenoxy) is 1. The first-order valence-corrected chi connectivity index (χ1v) is 11.9. The van der Waals surface area contributed by atoms with E-state index in [2.05, 4.69) is 53.9 Å². The summed E-state index contributed by atoms with van der Waals surface area (Å²) in [5.41, 5.74) is 3.57. The zero-order chi connectivity index (χ0) is 22.9. The lowest BCUT2D eigenvalue weighted by Crippen LogP contribution is -2.49. The van der Waals surface area contributed by atoms with Crippen LogP contribution in [0, 0.1) is 11.3 Å². The third-order valence-corrected chi connectivity index (χ3v) is 6.70. The zero-order valence-corrected chi connectivity index (χ0v) is 20.0. The molecule has 0 bridgehead atoms. The van der Waals surface area contributed by atoms with Crippen LogP contribution < -0.4 is 10.2 Å². The van der Waals surface area contributed by atoms with Gasteiger partial charge in [0.25, 0.3) is 0 Å². The molecule has 4 heterocycles. The van der Waals surface area contributed by atoms with Gasteiger partial charge in [-0.05, 0) is 25.3 Å². The van der Waals surface area contributed by atoms with Crippen LogP contribution in [0.15, 0.2) is 11.6 Å². The number of amides is 1. The van der Waals surface area contributed by atoms with Gasteiger partial charge in [-0.15, -0.1) is 11.3 Å². The number of pyridine rings is 1. The summed E-state index contributed by atoms with van der Waals surface area (Å²) in [4.78, 5) is 25.7. The summed E-state index contributed by atoms with van der Waals surface area (Å²) in [6, 6.07) is 2.45. The smallest absolute Gasteiger partial charge is 0.240 e. The van der Waals surface area contributed by atoms with E-state index < -0.39 is 0 Å². The lowest BCUT2D eigenvalue weighted by molar-refractivity contribution is -0.117. The van der Waals surface area contributed by atoms with Crippen molar-refractivity contribution in [1.29, 1.82) is 5.26 Å². The number of carbonyl (C=O) groups is 1. The molecule has 0 aromatic carbocycles. The number of aromatic nitrogens is 2. The van der Waals surface area contributed by atoms with Gasteiger partial charge in [-0.1, -0.05) is 13.8 Å². The third kappa shape index (κ3) is 4.77. The molecule has 8 nitrogen and oxygen atoms in total.